The number of aliphatic hydroxyl groups excluding tert-OH is 1. The van der Waals surface area contributed by atoms with E-state index in [0.717, 1.165) is 53.9 Å². The summed E-state index contributed by atoms with van der Waals surface area (Å²) in [5.74, 6) is 0.0593. The lowest BCUT2D eigenvalue weighted by molar-refractivity contribution is 0.0273. The fourth-order valence-corrected chi connectivity index (χ4v) is 8.72. The fourth-order valence-electron chi connectivity index (χ4n) is 7.08. The summed E-state index contributed by atoms with van der Waals surface area (Å²) in [6.07, 6.45) is 3.88. The lowest BCUT2D eigenvalue weighted by Gasteiger charge is -2.37. The van der Waals surface area contributed by atoms with Crippen molar-refractivity contribution in [1.82, 2.24) is 23.7 Å². The summed E-state index contributed by atoms with van der Waals surface area (Å²) >= 11 is 0. The second-order valence-corrected chi connectivity index (χ2v) is 16.0. The fraction of sp³-hybridized carbons (Fsp3) is 0.390. The minimum absolute atomic E-state index is 0.0235. The highest BCUT2D eigenvalue weighted by atomic mass is 32.2. The maximum absolute atomic E-state index is 14.5. The second-order valence-electron chi connectivity index (χ2n) is 14.1. The van der Waals surface area contributed by atoms with Gasteiger partial charge in [0.2, 0.25) is 10.0 Å². The van der Waals surface area contributed by atoms with E-state index in [1.165, 1.54) is 17.1 Å². The zero-order valence-corrected chi connectivity index (χ0v) is 30.2. The first-order chi connectivity index (χ1) is 24.3. The summed E-state index contributed by atoms with van der Waals surface area (Å²) in [5.41, 5.74) is 4.95. The molecule has 6 rings (SSSR count). The van der Waals surface area contributed by atoms with Crippen molar-refractivity contribution in [3.8, 4) is 0 Å². The number of aliphatic hydroxyl groups is 1. The van der Waals surface area contributed by atoms with Crippen LogP contribution < -0.4 is 0 Å². The van der Waals surface area contributed by atoms with E-state index in [2.05, 4.69) is 55.7 Å². The molecule has 4 aromatic carbocycles. The van der Waals surface area contributed by atoms with Crippen molar-refractivity contribution < 1.29 is 13.5 Å². The number of aromatic nitrogens is 2. The van der Waals surface area contributed by atoms with Crippen LogP contribution in [0.2, 0.25) is 0 Å². The van der Waals surface area contributed by atoms with Gasteiger partial charge in [0.05, 0.1) is 28.4 Å². The number of imidazole rings is 1. The number of hydrogen-bond acceptors (Lipinski definition) is 6. The standard InChI is InChI=1S/C41H51N5O3S/c1-33(2)28-46(50(48,49)37-20-21-38-39(27-37)44(32-42-38)25-24-43-22-12-13-23-43)31-41(47)40(26-34-14-6-3-7-15-34)45(29-35-16-8-4-9-17-35)30-36-18-10-5-11-19-36/h3-11,14-21,27,32-33,40-41,47H,12-13,22-26,28-31H2,1-2H3/t40-,41+/m0/s1. The second kappa shape index (κ2) is 16.9. The zero-order valence-electron chi connectivity index (χ0n) is 29.4. The molecule has 5 aromatic rings. The van der Waals surface area contributed by atoms with Crippen LogP contribution >= 0.6 is 0 Å². The summed E-state index contributed by atoms with van der Waals surface area (Å²) in [4.78, 5) is 9.54. The molecule has 1 aromatic heterocycles. The van der Waals surface area contributed by atoms with Crippen molar-refractivity contribution in [2.75, 3.05) is 32.7 Å². The first kappa shape index (κ1) is 35.9. The van der Waals surface area contributed by atoms with Gasteiger partial charge in [0.1, 0.15) is 0 Å². The van der Waals surface area contributed by atoms with Crippen LogP contribution in [0, 0.1) is 5.92 Å². The maximum atomic E-state index is 14.5. The Kier molecular flexibility index (Phi) is 12.2. The Hall–Kier alpha value is -3.86. The van der Waals surface area contributed by atoms with Gasteiger partial charge in [0.15, 0.2) is 0 Å². The molecular weight excluding hydrogens is 643 g/mol. The van der Waals surface area contributed by atoms with E-state index < -0.39 is 16.1 Å². The van der Waals surface area contributed by atoms with Crippen molar-refractivity contribution in [1.29, 1.82) is 0 Å². The van der Waals surface area contributed by atoms with Gasteiger partial charge in [-0.25, -0.2) is 13.4 Å². The molecule has 2 heterocycles. The quantitative estimate of drug-likeness (QED) is 0.121. The highest BCUT2D eigenvalue weighted by molar-refractivity contribution is 7.89. The molecule has 50 heavy (non-hydrogen) atoms. The van der Waals surface area contributed by atoms with Gasteiger partial charge in [-0.2, -0.15) is 4.31 Å². The van der Waals surface area contributed by atoms with E-state index in [0.29, 0.717) is 26.1 Å². The lowest BCUT2D eigenvalue weighted by atomic mass is 9.97. The molecule has 0 spiro atoms. The summed E-state index contributed by atoms with van der Waals surface area (Å²) < 4.78 is 32.6. The smallest absolute Gasteiger partial charge is 0.243 e. The van der Waals surface area contributed by atoms with Gasteiger partial charge in [0, 0.05) is 45.3 Å². The SMILES string of the molecule is CC(C)CN(C[C@@H](O)[C@H](Cc1ccccc1)N(Cc1ccccc1)Cc1ccccc1)S(=O)(=O)c1ccc2ncn(CCN3CCCC3)c2c1. The van der Waals surface area contributed by atoms with Crippen molar-refractivity contribution in [3.63, 3.8) is 0 Å². The molecule has 1 N–H and O–H groups in total. The molecule has 264 valence electrons. The van der Waals surface area contributed by atoms with Gasteiger partial charge in [0.25, 0.3) is 0 Å². The Morgan fingerprint density at radius 3 is 1.92 bits per heavy atom. The lowest BCUT2D eigenvalue weighted by Crippen LogP contribution is -2.50. The zero-order chi connectivity index (χ0) is 34.9. The van der Waals surface area contributed by atoms with E-state index in [-0.39, 0.29) is 23.4 Å². The van der Waals surface area contributed by atoms with Gasteiger partial charge in [-0.3, -0.25) is 4.90 Å². The van der Waals surface area contributed by atoms with Gasteiger partial charge in [-0.1, -0.05) is 105 Å². The van der Waals surface area contributed by atoms with E-state index in [4.69, 9.17) is 0 Å². The van der Waals surface area contributed by atoms with Crippen molar-refractivity contribution in [3.05, 3.63) is 132 Å². The maximum Gasteiger partial charge on any atom is 0.243 e. The van der Waals surface area contributed by atoms with Crippen molar-refractivity contribution >= 4 is 21.1 Å². The molecule has 9 heteroatoms. The predicted molar refractivity (Wildman–Crippen MR) is 201 cm³/mol. The molecule has 2 atom stereocenters. The summed E-state index contributed by atoms with van der Waals surface area (Å²) in [5, 5.41) is 12.3. The average Bonchev–Trinajstić information content (AvgIpc) is 3.80. The number of nitrogens with zero attached hydrogens (tertiary/aromatic N) is 5. The van der Waals surface area contributed by atoms with E-state index in [1.54, 1.807) is 18.2 Å². The van der Waals surface area contributed by atoms with Crippen LogP contribution in [0.3, 0.4) is 0 Å². The number of fused-ring (bicyclic) bond motifs is 1. The molecule has 1 aliphatic heterocycles. The normalized spacial score (nSPS) is 15.4. The van der Waals surface area contributed by atoms with E-state index in [1.807, 2.05) is 74.8 Å². The Balaban J connectivity index is 1.31. The van der Waals surface area contributed by atoms with Crippen molar-refractivity contribution in [2.45, 2.75) is 69.8 Å². The Bertz CT molecular complexity index is 1840. The van der Waals surface area contributed by atoms with E-state index >= 15 is 0 Å². The van der Waals surface area contributed by atoms with Crippen LogP contribution in [0.15, 0.2) is 120 Å². The molecular formula is C41H51N5O3S. The largest absolute Gasteiger partial charge is 0.390 e. The van der Waals surface area contributed by atoms with Crippen LogP contribution in [0.1, 0.15) is 43.4 Å². The number of rotatable bonds is 17. The molecule has 1 fully saturated rings. The van der Waals surface area contributed by atoms with Gasteiger partial charge >= 0.3 is 0 Å². The molecule has 0 saturated carbocycles. The third-order valence-corrected chi connectivity index (χ3v) is 11.5. The number of hydrogen-bond donors (Lipinski definition) is 1. The number of benzene rings is 4. The third-order valence-electron chi connectivity index (χ3n) is 9.70. The molecule has 8 nitrogen and oxygen atoms in total. The number of sulfonamides is 1. The molecule has 0 amide bonds. The topological polar surface area (TPSA) is 81.9 Å². The molecule has 0 unspecified atom stereocenters. The Labute approximate surface area is 298 Å². The highest BCUT2D eigenvalue weighted by Gasteiger charge is 2.34. The summed E-state index contributed by atoms with van der Waals surface area (Å²) in [7, 11) is -3.95. The average molecular weight is 694 g/mol. The molecule has 0 aliphatic carbocycles. The minimum atomic E-state index is -3.95. The monoisotopic (exact) mass is 693 g/mol. The summed E-state index contributed by atoms with van der Waals surface area (Å²) in [6.45, 7) is 9.42. The highest BCUT2D eigenvalue weighted by Crippen LogP contribution is 2.26. The van der Waals surface area contributed by atoms with Crippen LogP contribution in [0.4, 0.5) is 0 Å². The van der Waals surface area contributed by atoms with Gasteiger partial charge in [-0.05, 0) is 73.2 Å². The van der Waals surface area contributed by atoms with Crippen LogP contribution in [-0.4, -0.2) is 82.1 Å². The first-order valence-electron chi connectivity index (χ1n) is 18.0. The van der Waals surface area contributed by atoms with Crippen molar-refractivity contribution in [2.24, 2.45) is 5.92 Å². The minimum Gasteiger partial charge on any atom is -0.390 e. The molecule has 0 radical (unpaired) electrons. The number of likely N-dealkylation sites (tertiary alicyclic amines) is 1. The Morgan fingerprint density at radius 1 is 0.760 bits per heavy atom. The predicted octanol–water partition coefficient (Wildman–Crippen LogP) is 6.45. The van der Waals surface area contributed by atoms with Gasteiger partial charge < -0.3 is 14.6 Å². The van der Waals surface area contributed by atoms with Crippen LogP contribution in [0.25, 0.3) is 11.0 Å². The van der Waals surface area contributed by atoms with Crippen LogP contribution in [-0.2, 0) is 36.1 Å². The van der Waals surface area contributed by atoms with E-state index in [9.17, 15) is 13.5 Å². The molecule has 1 aliphatic rings. The Morgan fingerprint density at radius 2 is 1.34 bits per heavy atom. The summed E-state index contributed by atoms with van der Waals surface area (Å²) in [6, 6.07) is 35.6. The molecule has 0 bridgehead atoms. The third kappa shape index (κ3) is 9.27. The van der Waals surface area contributed by atoms with Gasteiger partial charge in [-0.15, -0.1) is 0 Å². The first-order valence-corrected chi connectivity index (χ1v) is 19.4. The van der Waals surface area contributed by atoms with Crippen LogP contribution in [0.5, 0.6) is 0 Å². The molecule has 1 saturated heterocycles.